The smallest absolute Gasteiger partial charge is 0.318 e. The van der Waals surface area contributed by atoms with Crippen LogP contribution in [0, 0.1) is 24.7 Å². The largest absolute Gasteiger partial charge is 0.493 e. The van der Waals surface area contributed by atoms with Gasteiger partial charge < -0.3 is 29.3 Å². The number of hydrogen-bond donors (Lipinski definition) is 1. The predicted octanol–water partition coefficient (Wildman–Crippen LogP) is 5.66. The molecular formula is C33H47N3O5S. The molecule has 1 N–H and O–H groups in total. The lowest BCUT2D eigenvalue weighted by atomic mass is 9.53. The Morgan fingerprint density at radius 1 is 0.929 bits per heavy atom. The molecule has 3 amide bonds. The summed E-state index contributed by atoms with van der Waals surface area (Å²) in [6, 6.07) is 9.95. The van der Waals surface area contributed by atoms with Gasteiger partial charge in [0, 0.05) is 42.1 Å². The van der Waals surface area contributed by atoms with Crippen LogP contribution in [0.15, 0.2) is 30.3 Å². The molecule has 6 rings (SSSR count). The molecule has 8 nitrogen and oxygen atoms in total. The van der Waals surface area contributed by atoms with Crippen molar-refractivity contribution in [2.45, 2.75) is 70.4 Å². The maximum Gasteiger partial charge on any atom is 0.318 e. The van der Waals surface area contributed by atoms with Gasteiger partial charge >= 0.3 is 6.03 Å². The van der Waals surface area contributed by atoms with E-state index >= 15 is 0 Å². The summed E-state index contributed by atoms with van der Waals surface area (Å²) in [7, 11) is 4.92. The van der Waals surface area contributed by atoms with Gasteiger partial charge in [-0.2, -0.15) is 0 Å². The van der Waals surface area contributed by atoms with Gasteiger partial charge in [0.25, 0.3) is 0 Å². The number of nitrogens with one attached hydrogen (secondary N) is 1. The first-order chi connectivity index (χ1) is 20.3. The van der Waals surface area contributed by atoms with E-state index in [0.717, 1.165) is 47.5 Å². The summed E-state index contributed by atoms with van der Waals surface area (Å²) in [5, 5.41) is 3.48. The SMILES string of the molecule is COCCCN(CC(=O)N(CCc1ccc(OC)c(OC)c1)Cc1ccc(C)s1)C(=O)NC12CC3CC(CC(C3)C1)C2. The van der Waals surface area contributed by atoms with E-state index in [2.05, 4.69) is 24.4 Å². The second-order valence-corrected chi connectivity index (χ2v) is 14.0. The predicted molar refractivity (Wildman–Crippen MR) is 165 cm³/mol. The van der Waals surface area contributed by atoms with Gasteiger partial charge in [0.15, 0.2) is 11.5 Å². The number of methoxy groups -OCH3 is 3. The number of ether oxygens (including phenoxy) is 3. The first-order valence-electron chi connectivity index (χ1n) is 15.4. The van der Waals surface area contributed by atoms with Gasteiger partial charge in [-0.05, 0) is 106 Å². The third kappa shape index (κ3) is 7.40. The number of urea groups is 1. The molecule has 0 atom stereocenters. The second kappa shape index (κ2) is 13.7. The maximum absolute atomic E-state index is 13.9. The summed E-state index contributed by atoms with van der Waals surface area (Å²) in [4.78, 5) is 33.7. The number of carbonyl (C=O) groups excluding carboxylic acids is 2. The van der Waals surface area contributed by atoms with E-state index < -0.39 is 0 Å². The fourth-order valence-corrected chi connectivity index (χ4v) is 8.74. The number of nitrogens with zero attached hydrogens (tertiary/aromatic N) is 2. The minimum absolute atomic E-state index is 0.0420. The van der Waals surface area contributed by atoms with Crippen LogP contribution >= 0.6 is 11.3 Å². The van der Waals surface area contributed by atoms with E-state index in [-0.39, 0.29) is 24.0 Å². The zero-order valence-corrected chi connectivity index (χ0v) is 26.5. The average Bonchev–Trinajstić information content (AvgIpc) is 3.37. The van der Waals surface area contributed by atoms with E-state index in [9.17, 15) is 9.59 Å². The summed E-state index contributed by atoms with van der Waals surface area (Å²) in [5.41, 5.74) is 0.958. The van der Waals surface area contributed by atoms with E-state index in [4.69, 9.17) is 14.2 Å². The van der Waals surface area contributed by atoms with Crippen molar-refractivity contribution < 1.29 is 23.8 Å². The van der Waals surface area contributed by atoms with Crippen LogP contribution in [0.2, 0.25) is 0 Å². The van der Waals surface area contributed by atoms with Gasteiger partial charge in [-0.3, -0.25) is 4.79 Å². The Morgan fingerprint density at radius 3 is 2.21 bits per heavy atom. The molecule has 0 radical (unpaired) electrons. The molecule has 230 valence electrons. The second-order valence-electron chi connectivity index (χ2n) is 12.7. The molecule has 4 fully saturated rings. The van der Waals surface area contributed by atoms with Crippen LogP contribution in [0.5, 0.6) is 11.5 Å². The summed E-state index contributed by atoms with van der Waals surface area (Å²) in [6.45, 7) is 4.22. The Morgan fingerprint density at radius 2 is 1.62 bits per heavy atom. The summed E-state index contributed by atoms with van der Waals surface area (Å²) in [5.74, 6) is 3.52. The van der Waals surface area contributed by atoms with Crippen LogP contribution in [0.3, 0.4) is 0 Å². The topological polar surface area (TPSA) is 80.3 Å². The number of carbonyl (C=O) groups is 2. The van der Waals surface area contributed by atoms with Crippen molar-refractivity contribution in [2.24, 2.45) is 17.8 Å². The number of benzene rings is 1. The van der Waals surface area contributed by atoms with Crippen molar-refractivity contribution in [3.05, 3.63) is 45.6 Å². The Balaban J connectivity index is 1.29. The number of hydrogen-bond acceptors (Lipinski definition) is 6. The molecule has 42 heavy (non-hydrogen) atoms. The number of amides is 3. The highest BCUT2D eigenvalue weighted by molar-refractivity contribution is 7.11. The fourth-order valence-electron chi connectivity index (χ4n) is 7.84. The van der Waals surface area contributed by atoms with Crippen molar-refractivity contribution in [1.82, 2.24) is 15.1 Å². The van der Waals surface area contributed by atoms with Crippen LogP contribution in [0.4, 0.5) is 4.79 Å². The summed E-state index contributed by atoms with van der Waals surface area (Å²) < 4.78 is 16.2. The van der Waals surface area contributed by atoms with E-state index in [1.54, 1.807) is 37.6 Å². The monoisotopic (exact) mass is 597 g/mol. The molecule has 0 unspecified atom stereocenters. The van der Waals surface area contributed by atoms with Crippen molar-refractivity contribution in [2.75, 3.05) is 47.6 Å². The molecule has 0 saturated heterocycles. The normalized spacial score (nSPS) is 24.0. The molecule has 4 aliphatic rings. The number of rotatable bonds is 14. The standard InChI is InChI=1S/C33H47N3O5S/c1-23-6-8-28(42-23)21-35(12-10-24-7-9-29(40-3)30(17-24)41-4)31(37)22-36(11-5-13-39-2)32(38)34-33-18-25-14-26(19-33)16-27(15-25)20-33/h6-9,17,25-27H,5,10-16,18-22H2,1-4H3,(H,34,38). The lowest BCUT2D eigenvalue weighted by molar-refractivity contribution is -0.132. The molecule has 2 aromatic rings. The molecule has 4 bridgehead atoms. The highest BCUT2D eigenvalue weighted by Crippen LogP contribution is 2.55. The van der Waals surface area contributed by atoms with E-state index in [1.165, 1.54) is 24.1 Å². The van der Waals surface area contributed by atoms with Crippen LogP contribution in [0.25, 0.3) is 0 Å². The van der Waals surface area contributed by atoms with Gasteiger partial charge in [0.2, 0.25) is 5.91 Å². The van der Waals surface area contributed by atoms with Gasteiger partial charge in [0.05, 0.1) is 20.8 Å². The third-order valence-electron chi connectivity index (χ3n) is 9.41. The maximum atomic E-state index is 13.9. The first-order valence-corrected chi connectivity index (χ1v) is 16.2. The van der Waals surface area contributed by atoms with Crippen molar-refractivity contribution in [3.63, 3.8) is 0 Å². The van der Waals surface area contributed by atoms with Gasteiger partial charge in [0.1, 0.15) is 6.54 Å². The minimum atomic E-state index is -0.104. The van der Waals surface area contributed by atoms with Gasteiger partial charge in [-0.25, -0.2) is 4.79 Å². The third-order valence-corrected chi connectivity index (χ3v) is 10.4. The van der Waals surface area contributed by atoms with Crippen LogP contribution in [-0.4, -0.2) is 74.8 Å². The number of thiophene rings is 1. The van der Waals surface area contributed by atoms with Crippen molar-refractivity contribution >= 4 is 23.3 Å². The molecular weight excluding hydrogens is 550 g/mol. The lowest BCUT2D eigenvalue weighted by Gasteiger charge is -2.57. The molecule has 1 heterocycles. The van der Waals surface area contributed by atoms with E-state index in [0.29, 0.717) is 50.6 Å². The van der Waals surface area contributed by atoms with Crippen molar-refractivity contribution in [3.8, 4) is 11.5 Å². The van der Waals surface area contributed by atoms with Crippen molar-refractivity contribution in [1.29, 1.82) is 0 Å². The molecule has 4 saturated carbocycles. The lowest BCUT2D eigenvalue weighted by Crippen LogP contribution is -2.62. The molecule has 9 heteroatoms. The zero-order valence-electron chi connectivity index (χ0n) is 25.7. The molecule has 0 spiro atoms. The number of aryl methyl sites for hydroxylation is 1. The first kappa shape index (κ1) is 30.7. The molecule has 1 aromatic carbocycles. The van der Waals surface area contributed by atoms with Gasteiger partial charge in [-0.1, -0.05) is 6.07 Å². The highest BCUT2D eigenvalue weighted by atomic mass is 32.1. The molecule has 0 aliphatic heterocycles. The Hall–Kier alpha value is -2.78. The van der Waals surface area contributed by atoms with Crippen LogP contribution < -0.4 is 14.8 Å². The summed E-state index contributed by atoms with van der Waals surface area (Å²) in [6.07, 6.45) is 8.57. The van der Waals surface area contributed by atoms with E-state index in [1.807, 2.05) is 23.1 Å². The highest BCUT2D eigenvalue weighted by Gasteiger charge is 2.51. The summed E-state index contributed by atoms with van der Waals surface area (Å²) >= 11 is 1.70. The van der Waals surface area contributed by atoms with Gasteiger partial charge in [-0.15, -0.1) is 11.3 Å². The molecule has 4 aliphatic carbocycles. The Bertz CT molecular complexity index is 1190. The Labute approximate surface area is 254 Å². The average molecular weight is 598 g/mol. The Kier molecular flexibility index (Phi) is 9.99. The zero-order chi connectivity index (χ0) is 29.7. The van der Waals surface area contributed by atoms with Crippen LogP contribution in [0.1, 0.15) is 60.3 Å². The van der Waals surface area contributed by atoms with Crippen LogP contribution in [-0.2, 0) is 22.5 Å². The minimum Gasteiger partial charge on any atom is -0.493 e. The molecule has 1 aromatic heterocycles. The fraction of sp³-hybridized carbons (Fsp3) is 0.636. The quantitative estimate of drug-likeness (QED) is 0.284.